The van der Waals surface area contributed by atoms with Crippen LogP contribution in [0.1, 0.15) is 30.6 Å². The second-order valence-corrected chi connectivity index (χ2v) is 8.78. The molecule has 1 atom stereocenters. The van der Waals surface area contributed by atoms with Crippen LogP contribution in [0.25, 0.3) is 11.3 Å². The molecular formula is C19H25N7O2S. The van der Waals surface area contributed by atoms with Crippen molar-refractivity contribution >= 4 is 34.3 Å². The first-order valence-electron chi connectivity index (χ1n) is 10.2. The number of fused-ring (bicyclic) bond motifs is 1. The number of likely N-dealkylation sites (tertiary alicyclic amines) is 1. The summed E-state index contributed by atoms with van der Waals surface area (Å²) in [5, 5.41) is 23.2. The van der Waals surface area contributed by atoms with E-state index in [9.17, 15) is 5.11 Å². The molecule has 1 unspecified atom stereocenters. The van der Waals surface area contributed by atoms with Gasteiger partial charge in [0.2, 0.25) is 11.3 Å². The summed E-state index contributed by atoms with van der Waals surface area (Å²) in [6.45, 7) is 4.38. The van der Waals surface area contributed by atoms with E-state index in [1.807, 2.05) is 6.07 Å². The van der Waals surface area contributed by atoms with Crippen LogP contribution < -0.4 is 10.2 Å². The zero-order chi connectivity index (χ0) is 19.6. The molecule has 0 bridgehead atoms. The zero-order valence-electron chi connectivity index (χ0n) is 16.2. The minimum absolute atomic E-state index is 0.178. The van der Waals surface area contributed by atoms with Gasteiger partial charge in [-0.05, 0) is 54.0 Å². The van der Waals surface area contributed by atoms with E-state index in [2.05, 4.69) is 41.9 Å². The zero-order valence-corrected chi connectivity index (χ0v) is 17.0. The Morgan fingerprint density at radius 3 is 2.72 bits per heavy atom. The van der Waals surface area contributed by atoms with E-state index in [1.54, 1.807) is 11.3 Å². The fraction of sp³-hybridized carbons (Fsp3) is 0.579. The molecule has 0 amide bonds. The predicted octanol–water partition coefficient (Wildman–Crippen LogP) is 2.11. The highest BCUT2D eigenvalue weighted by Crippen LogP contribution is 2.29. The van der Waals surface area contributed by atoms with Crippen molar-refractivity contribution in [3.05, 3.63) is 22.4 Å². The van der Waals surface area contributed by atoms with Crippen LogP contribution in [0.2, 0.25) is 0 Å². The summed E-state index contributed by atoms with van der Waals surface area (Å²) in [5.74, 6) is 1.52. The van der Waals surface area contributed by atoms with Crippen LogP contribution in [-0.2, 0) is 6.54 Å². The molecule has 0 saturated carbocycles. The standard InChI is InChI=1S/C19H25N7O2S/c27-14-3-1-7-26(12-14)13-5-8-25(9-6-13)19-18(20-11-15-4-2-10-29-15)21-16-17(22-19)24-28-23-16/h2,4,10,13-14,27H,1,3,5-9,11-12H2,(H,20,21,23). The van der Waals surface area contributed by atoms with Crippen LogP contribution in [0.4, 0.5) is 11.6 Å². The van der Waals surface area contributed by atoms with Crippen molar-refractivity contribution in [3.8, 4) is 0 Å². The van der Waals surface area contributed by atoms with E-state index in [-0.39, 0.29) is 6.10 Å². The van der Waals surface area contributed by atoms with Gasteiger partial charge in [0.05, 0.1) is 12.6 Å². The molecule has 2 N–H and O–H groups in total. The van der Waals surface area contributed by atoms with Crippen molar-refractivity contribution in [1.29, 1.82) is 0 Å². The number of anilines is 2. The fourth-order valence-electron chi connectivity index (χ4n) is 4.31. The molecule has 5 heterocycles. The van der Waals surface area contributed by atoms with Crippen LogP contribution in [0.3, 0.4) is 0 Å². The van der Waals surface area contributed by atoms with Gasteiger partial charge in [0.25, 0.3) is 0 Å². The van der Waals surface area contributed by atoms with E-state index in [0.717, 1.165) is 57.7 Å². The molecule has 5 rings (SSSR count). The Morgan fingerprint density at radius 2 is 1.97 bits per heavy atom. The molecule has 154 valence electrons. The summed E-state index contributed by atoms with van der Waals surface area (Å²) in [6.07, 6.45) is 3.93. The summed E-state index contributed by atoms with van der Waals surface area (Å²) >= 11 is 1.71. The molecule has 0 aromatic carbocycles. The number of aliphatic hydroxyl groups is 1. The lowest BCUT2D eigenvalue weighted by Crippen LogP contribution is -2.49. The van der Waals surface area contributed by atoms with Crippen molar-refractivity contribution in [2.45, 2.75) is 44.4 Å². The third-order valence-corrected chi connectivity index (χ3v) is 6.69. The van der Waals surface area contributed by atoms with Gasteiger partial charge in [0.15, 0.2) is 11.6 Å². The van der Waals surface area contributed by atoms with Crippen molar-refractivity contribution in [1.82, 2.24) is 25.2 Å². The van der Waals surface area contributed by atoms with Crippen LogP contribution in [0.5, 0.6) is 0 Å². The number of hydrogen-bond acceptors (Lipinski definition) is 10. The van der Waals surface area contributed by atoms with Gasteiger partial charge < -0.3 is 15.3 Å². The van der Waals surface area contributed by atoms with Gasteiger partial charge in [-0.15, -0.1) is 11.3 Å². The molecule has 0 spiro atoms. The molecule has 2 fully saturated rings. The average molecular weight is 416 g/mol. The predicted molar refractivity (Wildman–Crippen MR) is 111 cm³/mol. The minimum atomic E-state index is -0.178. The van der Waals surface area contributed by atoms with Gasteiger partial charge in [-0.25, -0.2) is 14.6 Å². The SMILES string of the molecule is OC1CCCN(C2CCN(c3nc4nonc4nc3NCc3cccs3)CC2)C1. The smallest absolute Gasteiger partial charge is 0.245 e. The number of nitrogens with one attached hydrogen (secondary N) is 1. The Bertz CT molecular complexity index is 939. The monoisotopic (exact) mass is 415 g/mol. The summed E-state index contributed by atoms with van der Waals surface area (Å²) < 4.78 is 4.82. The average Bonchev–Trinajstić information content (AvgIpc) is 3.43. The molecule has 3 aromatic rings. The maximum atomic E-state index is 9.99. The van der Waals surface area contributed by atoms with Crippen molar-refractivity contribution in [3.63, 3.8) is 0 Å². The Morgan fingerprint density at radius 1 is 1.14 bits per heavy atom. The van der Waals surface area contributed by atoms with Gasteiger partial charge in [0.1, 0.15) is 0 Å². The largest absolute Gasteiger partial charge is 0.392 e. The van der Waals surface area contributed by atoms with Crippen LogP contribution >= 0.6 is 11.3 Å². The maximum Gasteiger partial charge on any atom is 0.245 e. The van der Waals surface area contributed by atoms with Crippen LogP contribution in [-0.4, -0.2) is 68.6 Å². The number of aliphatic hydroxyl groups excluding tert-OH is 1. The molecule has 9 nitrogen and oxygen atoms in total. The Kier molecular flexibility index (Phi) is 5.30. The van der Waals surface area contributed by atoms with Crippen LogP contribution in [0.15, 0.2) is 22.1 Å². The number of aromatic nitrogens is 4. The normalized spacial score (nSPS) is 21.7. The molecule has 2 saturated heterocycles. The summed E-state index contributed by atoms with van der Waals surface area (Å²) in [7, 11) is 0. The first-order valence-corrected chi connectivity index (χ1v) is 11.1. The summed E-state index contributed by atoms with van der Waals surface area (Å²) in [6, 6.07) is 4.66. The highest BCUT2D eigenvalue weighted by atomic mass is 32.1. The third-order valence-electron chi connectivity index (χ3n) is 5.81. The second kappa shape index (κ2) is 8.21. The molecule has 29 heavy (non-hydrogen) atoms. The molecule has 0 aliphatic carbocycles. The number of hydrogen-bond donors (Lipinski definition) is 2. The van der Waals surface area contributed by atoms with E-state index in [0.29, 0.717) is 29.7 Å². The highest BCUT2D eigenvalue weighted by molar-refractivity contribution is 7.09. The Balaban J connectivity index is 1.32. The lowest BCUT2D eigenvalue weighted by molar-refractivity contribution is 0.0398. The van der Waals surface area contributed by atoms with E-state index in [4.69, 9.17) is 9.61 Å². The van der Waals surface area contributed by atoms with Gasteiger partial charge in [0, 0.05) is 30.6 Å². The number of β-amino-alcohol motifs (C(OH)–C–C–N with tert-alkyl or cyclic N) is 1. The molecule has 0 radical (unpaired) electrons. The number of nitrogens with zero attached hydrogens (tertiary/aromatic N) is 6. The van der Waals surface area contributed by atoms with Crippen molar-refractivity contribution in [2.75, 3.05) is 36.4 Å². The fourth-order valence-corrected chi connectivity index (χ4v) is 4.95. The first-order chi connectivity index (χ1) is 14.3. The third kappa shape index (κ3) is 4.05. The number of piperidine rings is 2. The Hall–Kier alpha value is -2.30. The van der Waals surface area contributed by atoms with Gasteiger partial charge >= 0.3 is 0 Å². The molecular weight excluding hydrogens is 390 g/mol. The lowest BCUT2D eigenvalue weighted by atomic mass is 9.99. The minimum Gasteiger partial charge on any atom is -0.392 e. The molecule has 2 aliphatic rings. The van der Waals surface area contributed by atoms with Crippen molar-refractivity contribution in [2.24, 2.45) is 0 Å². The Labute approximate surface area is 172 Å². The topological polar surface area (TPSA) is 103 Å². The first kappa shape index (κ1) is 18.7. The lowest BCUT2D eigenvalue weighted by Gasteiger charge is -2.41. The van der Waals surface area contributed by atoms with Gasteiger partial charge in [-0.1, -0.05) is 6.07 Å². The number of rotatable bonds is 5. The molecule has 10 heteroatoms. The van der Waals surface area contributed by atoms with Gasteiger partial charge in [-0.2, -0.15) is 0 Å². The maximum absolute atomic E-state index is 9.99. The second-order valence-electron chi connectivity index (χ2n) is 7.75. The summed E-state index contributed by atoms with van der Waals surface area (Å²) in [4.78, 5) is 15.3. The molecule has 3 aromatic heterocycles. The van der Waals surface area contributed by atoms with E-state index >= 15 is 0 Å². The van der Waals surface area contributed by atoms with Crippen molar-refractivity contribution < 1.29 is 9.74 Å². The van der Waals surface area contributed by atoms with E-state index < -0.39 is 0 Å². The molecule has 2 aliphatic heterocycles. The number of thiophene rings is 1. The van der Waals surface area contributed by atoms with Gasteiger partial charge in [-0.3, -0.25) is 4.90 Å². The highest BCUT2D eigenvalue weighted by Gasteiger charge is 2.30. The van der Waals surface area contributed by atoms with Crippen LogP contribution in [0, 0.1) is 0 Å². The quantitative estimate of drug-likeness (QED) is 0.648. The summed E-state index contributed by atoms with van der Waals surface area (Å²) in [5.41, 5.74) is 0.850. The van der Waals surface area contributed by atoms with E-state index in [1.165, 1.54) is 4.88 Å².